The summed E-state index contributed by atoms with van der Waals surface area (Å²) in [5, 5.41) is 0. The first-order valence-electron chi connectivity index (χ1n) is 8.08. The van der Waals surface area contributed by atoms with E-state index in [1.807, 2.05) is 26.0 Å². The summed E-state index contributed by atoms with van der Waals surface area (Å²) < 4.78 is 34.0. The summed E-state index contributed by atoms with van der Waals surface area (Å²) in [6.45, 7) is 4.53. The minimum atomic E-state index is -3.95. The molecule has 7 heteroatoms. The molecule has 0 aromatic heterocycles. The molecule has 0 radical (unpaired) electrons. The second kappa shape index (κ2) is 6.76. The molecule has 25 heavy (non-hydrogen) atoms. The number of nitrogens with one attached hydrogen (secondary N) is 1. The molecule has 0 saturated heterocycles. The second-order valence-electron chi connectivity index (χ2n) is 5.80. The van der Waals surface area contributed by atoms with Gasteiger partial charge in [-0.1, -0.05) is 18.2 Å². The van der Waals surface area contributed by atoms with Gasteiger partial charge in [0.25, 0.3) is 5.91 Å². The van der Waals surface area contributed by atoms with Crippen LogP contribution in [0.4, 0.5) is 5.69 Å². The zero-order chi connectivity index (χ0) is 18.0. The van der Waals surface area contributed by atoms with Crippen LogP contribution in [0.2, 0.25) is 0 Å². The van der Waals surface area contributed by atoms with Crippen molar-refractivity contribution in [3.63, 3.8) is 0 Å². The van der Waals surface area contributed by atoms with Crippen molar-refractivity contribution in [2.75, 3.05) is 17.5 Å². The van der Waals surface area contributed by atoms with Crippen LogP contribution in [-0.2, 0) is 16.6 Å². The summed E-state index contributed by atoms with van der Waals surface area (Å²) in [4.78, 5) is 12.4. The number of fused-ring (bicyclic) bond motifs is 1. The van der Waals surface area contributed by atoms with Crippen LogP contribution >= 0.6 is 0 Å². The fraction of sp³-hybridized carbons (Fsp3) is 0.278. The van der Waals surface area contributed by atoms with Gasteiger partial charge in [-0.05, 0) is 55.7 Å². The third-order valence-corrected chi connectivity index (χ3v) is 5.50. The van der Waals surface area contributed by atoms with Crippen LogP contribution in [0, 0.1) is 6.92 Å². The van der Waals surface area contributed by atoms with E-state index in [1.54, 1.807) is 30.3 Å². The van der Waals surface area contributed by atoms with E-state index in [9.17, 15) is 13.2 Å². The van der Waals surface area contributed by atoms with E-state index in [-0.39, 0.29) is 5.56 Å². The summed E-state index contributed by atoms with van der Waals surface area (Å²) in [7, 11) is -3.95. The highest BCUT2D eigenvalue weighted by Crippen LogP contribution is 2.29. The minimum Gasteiger partial charge on any atom is -0.494 e. The highest BCUT2D eigenvalue weighted by Gasteiger charge is 2.30. The van der Waals surface area contributed by atoms with Crippen molar-refractivity contribution < 1.29 is 17.9 Å². The molecule has 0 unspecified atom stereocenters. The Hall–Kier alpha value is -2.54. The third-order valence-electron chi connectivity index (χ3n) is 4.09. The minimum absolute atomic E-state index is 0.275. The van der Waals surface area contributed by atoms with E-state index in [4.69, 9.17) is 4.74 Å². The number of carbonyl (C=O) groups excluding carboxylic acids is 1. The molecule has 0 spiro atoms. The van der Waals surface area contributed by atoms with Crippen molar-refractivity contribution in [2.24, 2.45) is 0 Å². The molecule has 1 aliphatic heterocycles. The fourth-order valence-electron chi connectivity index (χ4n) is 2.90. The number of benzene rings is 2. The van der Waals surface area contributed by atoms with E-state index in [0.29, 0.717) is 31.0 Å². The monoisotopic (exact) mass is 360 g/mol. The molecule has 0 saturated carbocycles. The van der Waals surface area contributed by atoms with Crippen molar-refractivity contribution >= 4 is 21.8 Å². The smallest absolute Gasteiger partial charge is 0.326 e. The molecule has 0 aliphatic carbocycles. The van der Waals surface area contributed by atoms with Crippen molar-refractivity contribution in [3.8, 4) is 5.75 Å². The SMILES string of the molecule is CCOc1ccc(C(=O)NS(=O)(=O)N2CCc3ccccc32)cc1C. The van der Waals surface area contributed by atoms with E-state index < -0.39 is 16.1 Å². The maximum Gasteiger partial charge on any atom is 0.326 e. The molecule has 3 rings (SSSR count). The van der Waals surface area contributed by atoms with E-state index >= 15 is 0 Å². The lowest BCUT2D eigenvalue weighted by Crippen LogP contribution is -2.42. The molecule has 2 aromatic rings. The highest BCUT2D eigenvalue weighted by molar-refractivity contribution is 7.91. The topological polar surface area (TPSA) is 75.7 Å². The number of hydrogen-bond acceptors (Lipinski definition) is 4. The van der Waals surface area contributed by atoms with Gasteiger partial charge in [0.2, 0.25) is 0 Å². The van der Waals surface area contributed by atoms with E-state index in [1.165, 1.54) is 4.31 Å². The Morgan fingerprint density at radius 2 is 2.00 bits per heavy atom. The first-order valence-corrected chi connectivity index (χ1v) is 9.52. The standard InChI is InChI=1S/C18H20N2O4S/c1-3-24-17-9-8-15(12-13(17)2)18(21)19-25(22,23)20-11-10-14-6-4-5-7-16(14)20/h4-9,12H,3,10-11H2,1-2H3,(H,19,21). The van der Waals surface area contributed by atoms with Gasteiger partial charge >= 0.3 is 10.2 Å². The largest absolute Gasteiger partial charge is 0.494 e. The molecule has 0 bridgehead atoms. The summed E-state index contributed by atoms with van der Waals surface area (Å²) >= 11 is 0. The molecule has 1 amide bonds. The molecule has 1 heterocycles. The summed E-state index contributed by atoms with van der Waals surface area (Å²) in [5.41, 5.74) is 2.62. The molecule has 0 fully saturated rings. The van der Waals surface area contributed by atoms with E-state index in [0.717, 1.165) is 11.1 Å². The first kappa shape index (κ1) is 17.3. The van der Waals surface area contributed by atoms with Gasteiger partial charge in [0.1, 0.15) is 5.75 Å². The van der Waals surface area contributed by atoms with Gasteiger partial charge in [0, 0.05) is 12.1 Å². The number of amides is 1. The maximum absolute atomic E-state index is 12.6. The average Bonchev–Trinajstić information content (AvgIpc) is 3.01. The third kappa shape index (κ3) is 3.46. The van der Waals surface area contributed by atoms with Crippen molar-refractivity contribution in [1.29, 1.82) is 0 Å². The maximum atomic E-state index is 12.6. The predicted octanol–water partition coefficient (Wildman–Crippen LogP) is 2.43. The first-order chi connectivity index (χ1) is 11.9. The number of ether oxygens (including phenoxy) is 1. The molecule has 0 atom stereocenters. The number of para-hydroxylation sites is 1. The Morgan fingerprint density at radius 3 is 2.72 bits per heavy atom. The summed E-state index contributed by atoms with van der Waals surface area (Å²) in [6, 6.07) is 12.1. The van der Waals surface area contributed by atoms with Gasteiger partial charge in [-0.15, -0.1) is 0 Å². The van der Waals surface area contributed by atoms with E-state index in [2.05, 4.69) is 4.72 Å². The van der Waals surface area contributed by atoms with Crippen molar-refractivity contribution in [3.05, 3.63) is 59.2 Å². The summed E-state index contributed by atoms with van der Waals surface area (Å²) in [6.07, 6.45) is 0.632. The van der Waals surface area contributed by atoms with Gasteiger partial charge < -0.3 is 4.74 Å². The van der Waals surface area contributed by atoms with Crippen LogP contribution in [0.25, 0.3) is 0 Å². The molecule has 1 aliphatic rings. The van der Waals surface area contributed by atoms with Crippen LogP contribution in [0.5, 0.6) is 5.75 Å². The number of anilines is 1. The zero-order valence-corrected chi connectivity index (χ0v) is 15.0. The Balaban J connectivity index is 1.80. The Labute approximate surface area is 147 Å². The highest BCUT2D eigenvalue weighted by atomic mass is 32.2. The van der Waals surface area contributed by atoms with Gasteiger partial charge in [-0.25, -0.2) is 4.72 Å². The van der Waals surface area contributed by atoms with Gasteiger partial charge in [-0.3, -0.25) is 9.10 Å². The molecule has 132 valence electrons. The van der Waals surface area contributed by atoms with Gasteiger partial charge in [0.15, 0.2) is 0 Å². The Bertz CT molecular complexity index is 909. The van der Waals surface area contributed by atoms with Crippen molar-refractivity contribution in [2.45, 2.75) is 20.3 Å². The lowest BCUT2D eigenvalue weighted by Gasteiger charge is -2.19. The fourth-order valence-corrected chi connectivity index (χ4v) is 4.13. The number of hydrogen-bond donors (Lipinski definition) is 1. The number of aryl methyl sites for hydroxylation is 1. The van der Waals surface area contributed by atoms with Gasteiger partial charge in [-0.2, -0.15) is 8.42 Å². The van der Waals surface area contributed by atoms with Crippen LogP contribution in [-0.4, -0.2) is 27.5 Å². The lowest BCUT2D eigenvalue weighted by molar-refractivity contribution is 0.0981. The van der Waals surface area contributed by atoms with Crippen molar-refractivity contribution in [1.82, 2.24) is 4.72 Å². The number of nitrogens with zero attached hydrogens (tertiary/aromatic N) is 1. The number of carbonyl (C=O) groups is 1. The Kier molecular flexibility index (Phi) is 4.67. The average molecular weight is 360 g/mol. The number of rotatable bonds is 5. The predicted molar refractivity (Wildman–Crippen MR) is 96.2 cm³/mol. The summed E-state index contributed by atoms with van der Waals surface area (Å²) in [5.74, 6) is 0.0194. The normalized spacial score (nSPS) is 13.4. The molecule has 1 N–H and O–H groups in total. The quantitative estimate of drug-likeness (QED) is 0.889. The second-order valence-corrected chi connectivity index (χ2v) is 7.40. The Morgan fingerprint density at radius 1 is 1.24 bits per heavy atom. The lowest BCUT2D eigenvalue weighted by atomic mass is 10.1. The van der Waals surface area contributed by atoms with Crippen LogP contribution in [0.15, 0.2) is 42.5 Å². The molecular weight excluding hydrogens is 340 g/mol. The zero-order valence-electron chi connectivity index (χ0n) is 14.2. The van der Waals surface area contributed by atoms with Crippen LogP contribution in [0.1, 0.15) is 28.4 Å². The van der Waals surface area contributed by atoms with Crippen LogP contribution < -0.4 is 13.8 Å². The van der Waals surface area contributed by atoms with Gasteiger partial charge in [0.05, 0.1) is 12.3 Å². The molecular formula is C18H20N2O4S. The molecule has 6 nitrogen and oxygen atoms in total. The van der Waals surface area contributed by atoms with Crippen LogP contribution in [0.3, 0.4) is 0 Å². The molecule has 2 aromatic carbocycles.